The molecular weight excluding hydrogens is 377 g/mol. The van der Waals surface area contributed by atoms with Crippen LogP contribution < -0.4 is 9.64 Å². The minimum absolute atomic E-state index is 0.0620. The molecule has 1 saturated carbocycles. The smallest absolute Gasteiger partial charge is 0.449 e. The van der Waals surface area contributed by atoms with Gasteiger partial charge in [-0.25, -0.2) is 13.9 Å². The van der Waals surface area contributed by atoms with Crippen LogP contribution in [0.1, 0.15) is 46.5 Å². The van der Waals surface area contributed by atoms with Crippen LogP contribution in [0.15, 0.2) is 30.5 Å². The number of nitrogens with zero attached hydrogens (tertiary/aromatic N) is 3. The lowest BCUT2D eigenvalue weighted by molar-refractivity contribution is -0.124. The van der Waals surface area contributed by atoms with Crippen LogP contribution in [-0.4, -0.2) is 33.0 Å². The van der Waals surface area contributed by atoms with Crippen molar-refractivity contribution in [3.05, 3.63) is 36.3 Å². The molecule has 1 amide bonds. The third kappa shape index (κ3) is 4.75. The first-order valence-corrected chi connectivity index (χ1v) is 9.85. The molecule has 0 atom stereocenters. The van der Waals surface area contributed by atoms with E-state index in [4.69, 9.17) is 9.84 Å². The van der Waals surface area contributed by atoms with Crippen molar-refractivity contribution >= 4 is 17.9 Å². The maximum absolute atomic E-state index is 13.6. The van der Waals surface area contributed by atoms with E-state index in [-0.39, 0.29) is 29.4 Å². The zero-order valence-corrected chi connectivity index (χ0v) is 16.8. The molecule has 7 nitrogen and oxygen atoms in total. The van der Waals surface area contributed by atoms with Gasteiger partial charge in [-0.3, -0.25) is 9.69 Å². The summed E-state index contributed by atoms with van der Waals surface area (Å²) in [7, 11) is 0. The Morgan fingerprint density at radius 1 is 1.28 bits per heavy atom. The number of carbonyl (C=O) groups is 2. The van der Waals surface area contributed by atoms with E-state index < -0.39 is 12.0 Å². The Labute approximate surface area is 169 Å². The molecule has 0 aliphatic heterocycles. The molecule has 1 aromatic heterocycles. The van der Waals surface area contributed by atoms with Crippen LogP contribution in [0.2, 0.25) is 0 Å². The first-order chi connectivity index (χ1) is 13.8. The van der Waals surface area contributed by atoms with Gasteiger partial charge in [-0.15, -0.1) is 5.10 Å². The molecule has 156 valence electrons. The second kappa shape index (κ2) is 8.63. The van der Waals surface area contributed by atoms with Crippen LogP contribution in [0, 0.1) is 17.7 Å². The molecule has 0 spiro atoms. The number of hydrogen-bond donors (Lipinski definition) is 1. The van der Waals surface area contributed by atoms with Crippen molar-refractivity contribution in [2.45, 2.75) is 52.5 Å². The molecular formula is C21H26FN3O4. The number of benzene rings is 1. The van der Waals surface area contributed by atoms with Crippen LogP contribution in [0.25, 0.3) is 5.69 Å². The summed E-state index contributed by atoms with van der Waals surface area (Å²) in [5.41, 5.74) is 0.397. The van der Waals surface area contributed by atoms with Gasteiger partial charge in [-0.2, -0.15) is 0 Å². The molecule has 29 heavy (non-hydrogen) atoms. The Morgan fingerprint density at radius 2 is 1.97 bits per heavy atom. The lowest BCUT2D eigenvalue weighted by atomic mass is 9.82. The van der Waals surface area contributed by atoms with Crippen molar-refractivity contribution in [3.63, 3.8) is 0 Å². The van der Waals surface area contributed by atoms with Crippen molar-refractivity contribution < 1.29 is 23.8 Å². The zero-order valence-electron chi connectivity index (χ0n) is 16.8. The quantitative estimate of drug-likeness (QED) is 0.736. The van der Waals surface area contributed by atoms with Gasteiger partial charge in [0.05, 0.1) is 11.9 Å². The number of anilines is 1. The van der Waals surface area contributed by atoms with Crippen LogP contribution >= 0.6 is 0 Å². The number of amides is 1. The highest BCUT2D eigenvalue weighted by Gasteiger charge is 2.34. The SMILES string of the molecule is CC1CCC(C(=O)N(c2nn(-c3cccc(F)c3)cc2OC(=O)O)C(C)C)CC1. The van der Waals surface area contributed by atoms with Gasteiger partial charge in [0.25, 0.3) is 0 Å². The van der Waals surface area contributed by atoms with Crippen molar-refractivity contribution in [2.24, 2.45) is 11.8 Å². The fourth-order valence-electron chi connectivity index (χ4n) is 3.74. The third-order valence-corrected chi connectivity index (χ3v) is 5.28. The summed E-state index contributed by atoms with van der Waals surface area (Å²) in [5.74, 6) is -0.0153. The van der Waals surface area contributed by atoms with E-state index in [1.54, 1.807) is 6.07 Å². The summed E-state index contributed by atoms with van der Waals surface area (Å²) < 4.78 is 19.9. The highest BCUT2D eigenvalue weighted by atomic mass is 19.1. The molecule has 1 heterocycles. The van der Waals surface area contributed by atoms with Crippen LogP contribution in [0.5, 0.6) is 5.75 Å². The fourth-order valence-corrected chi connectivity index (χ4v) is 3.74. The van der Waals surface area contributed by atoms with E-state index in [0.717, 1.165) is 25.7 Å². The van der Waals surface area contributed by atoms with Crippen molar-refractivity contribution in [3.8, 4) is 11.4 Å². The molecule has 1 N–H and O–H groups in total. The summed E-state index contributed by atoms with van der Waals surface area (Å²) >= 11 is 0. The van der Waals surface area contributed by atoms with E-state index in [9.17, 15) is 14.0 Å². The van der Waals surface area contributed by atoms with Gasteiger partial charge >= 0.3 is 6.16 Å². The van der Waals surface area contributed by atoms with Crippen molar-refractivity contribution in [1.29, 1.82) is 0 Å². The number of rotatable bonds is 5. The number of aromatic nitrogens is 2. The van der Waals surface area contributed by atoms with Gasteiger partial charge in [0.15, 0.2) is 5.75 Å². The molecule has 1 aliphatic rings. The summed E-state index contributed by atoms with van der Waals surface area (Å²) in [4.78, 5) is 26.0. The first-order valence-electron chi connectivity index (χ1n) is 9.85. The van der Waals surface area contributed by atoms with E-state index in [1.807, 2.05) is 13.8 Å². The molecule has 1 fully saturated rings. The number of ether oxygens (including phenoxy) is 1. The van der Waals surface area contributed by atoms with Gasteiger partial charge in [0, 0.05) is 12.0 Å². The third-order valence-electron chi connectivity index (χ3n) is 5.28. The maximum Gasteiger partial charge on any atom is 0.511 e. The summed E-state index contributed by atoms with van der Waals surface area (Å²) in [6.45, 7) is 5.87. The summed E-state index contributed by atoms with van der Waals surface area (Å²) in [5, 5.41) is 13.5. The Morgan fingerprint density at radius 3 is 2.55 bits per heavy atom. The zero-order chi connectivity index (χ0) is 21.1. The van der Waals surface area contributed by atoms with E-state index in [0.29, 0.717) is 11.6 Å². The minimum Gasteiger partial charge on any atom is -0.449 e. The number of hydrogen-bond acceptors (Lipinski definition) is 4. The average Bonchev–Trinajstić information content (AvgIpc) is 3.05. The predicted octanol–water partition coefficient (Wildman–Crippen LogP) is 4.64. The van der Waals surface area contributed by atoms with Gasteiger partial charge in [-0.1, -0.05) is 13.0 Å². The molecule has 0 saturated heterocycles. The maximum atomic E-state index is 13.6. The van der Waals surface area contributed by atoms with E-state index in [1.165, 1.54) is 34.0 Å². The Bertz CT molecular complexity index is 888. The first kappa shape index (κ1) is 20.8. The molecule has 2 aromatic rings. The monoisotopic (exact) mass is 403 g/mol. The number of halogens is 1. The molecule has 0 radical (unpaired) electrons. The fraction of sp³-hybridized carbons (Fsp3) is 0.476. The Balaban J connectivity index is 2.00. The molecule has 1 aliphatic carbocycles. The standard InChI is InChI=1S/C21H26FN3O4/c1-13(2)25(20(26)15-9-7-14(3)8-10-15)19-18(29-21(27)28)12-24(23-19)17-6-4-5-16(22)11-17/h4-6,11-15H,7-10H2,1-3H3,(H,27,28). The van der Waals surface area contributed by atoms with Crippen LogP contribution in [-0.2, 0) is 4.79 Å². The molecule has 1 aromatic carbocycles. The Hall–Kier alpha value is -2.90. The summed E-state index contributed by atoms with van der Waals surface area (Å²) in [6, 6.07) is 5.48. The normalized spacial score (nSPS) is 19.2. The second-order valence-corrected chi connectivity index (χ2v) is 7.87. The van der Waals surface area contributed by atoms with Crippen LogP contribution in [0.4, 0.5) is 15.0 Å². The molecule has 3 rings (SSSR count). The lowest BCUT2D eigenvalue weighted by Gasteiger charge is -2.32. The highest BCUT2D eigenvalue weighted by molar-refractivity contribution is 5.96. The highest BCUT2D eigenvalue weighted by Crippen LogP contribution is 2.35. The van der Waals surface area contributed by atoms with Gasteiger partial charge in [0.1, 0.15) is 5.82 Å². The topological polar surface area (TPSA) is 84.7 Å². The van der Waals surface area contributed by atoms with Crippen LogP contribution in [0.3, 0.4) is 0 Å². The average molecular weight is 403 g/mol. The van der Waals surface area contributed by atoms with E-state index >= 15 is 0 Å². The van der Waals surface area contributed by atoms with Gasteiger partial charge in [-0.05, 0) is 63.6 Å². The van der Waals surface area contributed by atoms with Gasteiger partial charge in [0.2, 0.25) is 11.7 Å². The lowest BCUT2D eigenvalue weighted by Crippen LogP contribution is -2.42. The summed E-state index contributed by atoms with van der Waals surface area (Å²) in [6.07, 6.45) is 3.40. The van der Waals surface area contributed by atoms with Gasteiger partial charge < -0.3 is 9.84 Å². The Kier molecular flexibility index (Phi) is 6.20. The van der Waals surface area contributed by atoms with E-state index in [2.05, 4.69) is 12.0 Å². The second-order valence-electron chi connectivity index (χ2n) is 7.87. The number of carbonyl (C=O) groups excluding carboxylic acids is 1. The van der Waals surface area contributed by atoms with Crippen molar-refractivity contribution in [2.75, 3.05) is 4.90 Å². The number of carboxylic acid groups (broad SMARTS) is 1. The van der Waals surface area contributed by atoms with Crippen molar-refractivity contribution in [1.82, 2.24) is 9.78 Å². The predicted molar refractivity (Wildman–Crippen MR) is 106 cm³/mol. The molecule has 0 unspecified atom stereocenters. The molecule has 0 bridgehead atoms. The minimum atomic E-state index is -1.51. The molecule has 8 heteroatoms. The largest absolute Gasteiger partial charge is 0.511 e.